The van der Waals surface area contributed by atoms with Crippen molar-refractivity contribution < 1.29 is 9.59 Å². The van der Waals surface area contributed by atoms with Gasteiger partial charge in [0, 0.05) is 19.1 Å². The van der Waals surface area contributed by atoms with Crippen LogP contribution >= 0.6 is 34.9 Å². The summed E-state index contributed by atoms with van der Waals surface area (Å²) in [5.74, 6) is 0.560. The molecule has 1 saturated heterocycles. The molecule has 2 rings (SSSR count). The zero-order valence-corrected chi connectivity index (χ0v) is 18.1. The average Bonchev–Trinajstić information content (AvgIpc) is 3.11. The Labute approximate surface area is 168 Å². The van der Waals surface area contributed by atoms with Gasteiger partial charge in [0.25, 0.3) is 0 Å². The summed E-state index contributed by atoms with van der Waals surface area (Å²) in [7, 11) is 0. The molecule has 1 aliphatic rings. The Balaban J connectivity index is 1.83. The Hall–Kier alpha value is -0.800. The van der Waals surface area contributed by atoms with Crippen molar-refractivity contribution in [1.29, 1.82) is 0 Å². The molecule has 146 valence electrons. The number of nitrogens with zero attached hydrogens (tertiary/aromatic N) is 3. The number of amides is 2. The minimum Gasteiger partial charge on any atom is -0.355 e. The van der Waals surface area contributed by atoms with Gasteiger partial charge in [0.05, 0.1) is 11.0 Å². The van der Waals surface area contributed by atoms with Gasteiger partial charge in [0.2, 0.25) is 11.8 Å². The Kier molecular flexibility index (Phi) is 9.21. The Morgan fingerprint density at radius 2 is 2.08 bits per heavy atom. The fraction of sp³-hybridized carbons (Fsp3) is 0.765. The number of likely N-dealkylation sites (tertiary alicyclic amines) is 1. The summed E-state index contributed by atoms with van der Waals surface area (Å²) < 4.78 is 1.55. The first-order valence-corrected chi connectivity index (χ1v) is 11.9. The predicted molar refractivity (Wildman–Crippen MR) is 109 cm³/mol. The number of hydrogen-bond acceptors (Lipinski definition) is 7. The number of hydrogen-bond donors (Lipinski definition) is 1. The Morgan fingerprint density at radius 1 is 1.31 bits per heavy atom. The van der Waals surface area contributed by atoms with Gasteiger partial charge in [-0.15, -0.1) is 10.2 Å². The van der Waals surface area contributed by atoms with E-state index in [9.17, 15) is 9.59 Å². The molecule has 0 radical (unpaired) electrons. The molecule has 1 fully saturated rings. The highest BCUT2D eigenvalue weighted by molar-refractivity contribution is 8.04. The maximum Gasteiger partial charge on any atom is 0.236 e. The van der Waals surface area contributed by atoms with E-state index in [0.29, 0.717) is 18.3 Å². The van der Waals surface area contributed by atoms with E-state index in [0.717, 1.165) is 40.9 Å². The van der Waals surface area contributed by atoms with Gasteiger partial charge in [-0.1, -0.05) is 48.7 Å². The quantitative estimate of drug-likeness (QED) is 0.622. The molecule has 2 heterocycles. The number of carbonyl (C=O) groups is 2. The predicted octanol–water partition coefficient (Wildman–Crippen LogP) is 3.43. The van der Waals surface area contributed by atoms with Crippen LogP contribution in [0.5, 0.6) is 0 Å². The minimum atomic E-state index is -0.166. The van der Waals surface area contributed by atoms with E-state index in [2.05, 4.69) is 27.3 Å². The summed E-state index contributed by atoms with van der Waals surface area (Å²) in [4.78, 5) is 26.5. The van der Waals surface area contributed by atoms with Crippen LogP contribution < -0.4 is 5.32 Å². The maximum absolute atomic E-state index is 12.8. The summed E-state index contributed by atoms with van der Waals surface area (Å²) in [6.07, 6.45) is 5.37. The molecule has 2 atom stereocenters. The second-order valence-electron chi connectivity index (χ2n) is 6.32. The average molecular weight is 417 g/mol. The number of aromatic nitrogens is 2. The lowest BCUT2D eigenvalue weighted by molar-refractivity contribution is -0.134. The molecule has 6 nitrogen and oxygen atoms in total. The van der Waals surface area contributed by atoms with Gasteiger partial charge in [-0.25, -0.2) is 0 Å². The first kappa shape index (κ1) is 21.5. The molecule has 0 saturated carbocycles. The molecule has 0 aliphatic carbocycles. The van der Waals surface area contributed by atoms with Crippen molar-refractivity contribution in [3.8, 4) is 0 Å². The number of nitrogens with one attached hydrogen (secondary N) is 1. The molecule has 0 unspecified atom stereocenters. The number of thioether (sulfide) groups is 2. The third kappa shape index (κ3) is 6.42. The van der Waals surface area contributed by atoms with Gasteiger partial charge in [0.15, 0.2) is 8.68 Å². The van der Waals surface area contributed by atoms with Crippen molar-refractivity contribution in [2.75, 3.05) is 18.8 Å². The third-order valence-corrected chi connectivity index (χ3v) is 7.52. The highest BCUT2D eigenvalue weighted by Gasteiger charge is 2.29. The molecule has 1 aliphatic heterocycles. The van der Waals surface area contributed by atoms with Crippen molar-refractivity contribution in [1.82, 2.24) is 20.4 Å². The molecule has 0 spiro atoms. The minimum absolute atomic E-state index is 0.0144. The second kappa shape index (κ2) is 11.1. The molecular formula is C17H28N4O2S3. The first-order chi connectivity index (χ1) is 12.5. The van der Waals surface area contributed by atoms with E-state index in [4.69, 9.17) is 0 Å². The van der Waals surface area contributed by atoms with Gasteiger partial charge in [-0.05, 0) is 39.0 Å². The number of rotatable bonds is 9. The zero-order valence-electron chi connectivity index (χ0n) is 15.7. The van der Waals surface area contributed by atoms with Crippen LogP contribution in [0.2, 0.25) is 0 Å². The van der Waals surface area contributed by atoms with Gasteiger partial charge in [-0.2, -0.15) is 0 Å². The lowest BCUT2D eigenvalue weighted by atomic mass is 10.00. The summed E-state index contributed by atoms with van der Waals surface area (Å²) in [6, 6.07) is 0.376. The fourth-order valence-corrected chi connectivity index (χ4v) is 5.96. The van der Waals surface area contributed by atoms with Crippen LogP contribution in [0.15, 0.2) is 8.68 Å². The van der Waals surface area contributed by atoms with Gasteiger partial charge >= 0.3 is 0 Å². The smallest absolute Gasteiger partial charge is 0.236 e. The summed E-state index contributed by atoms with van der Waals surface area (Å²) in [5.41, 5.74) is 0. The fourth-order valence-electron chi connectivity index (χ4n) is 2.90. The highest BCUT2D eigenvalue weighted by Crippen LogP contribution is 2.32. The van der Waals surface area contributed by atoms with Crippen LogP contribution in [-0.2, 0) is 9.59 Å². The van der Waals surface area contributed by atoms with Crippen molar-refractivity contribution in [3.05, 3.63) is 0 Å². The van der Waals surface area contributed by atoms with Crippen LogP contribution in [0.1, 0.15) is 52.9 Å². The zero-order chi connectivity index (χ0) is 18.9. The topological polar surface area (TPSA) is 75.2 Å². The molecule has 2 amide bonds. The van der Waals surface area contributed by atoms with Crippen LogP contribution in [0.3, 0.4) is 0 Å². The molecular weight excluding hydrogens is 388 g/mol. The standard InChI is InChI=1S/C17H28N4O2S3/c1-4-9-18-14(22)11-24-16-19-20-17(26-16)25-12(3)15(23)21-10-7-6-8-13(21)5-2/h12-13H,4-11H2,1-3H3,(H,18,22)/t12-,13-/m1/s1. The lowest BCUT2D eigenvalue weighted by Crippen LogP contribution is -2.46. The van der Waals surface area contributed by atoms with E-state index in [1.165, 1.54) is 41.3 Å². The molecule has 26 heavy (non-hydrogen) atoms. The Morgan fingerprint density at radius 3 is 2.81 bits per heavy atom. The van der Waals surface area contributed by atoms with Crippen LogP contribution in [0.4, 0.5) is 0 Å². The van der Waals surface area contributed by atoms with E-state index < -0.39 is 0 Å². The molecule has 1 N–H and O–H groups in total. The highest BCUT2D eigenvalue weighted by atomic mass is 32.2. The molecule has 1 aromatic heterocycles. The monoisotopic (exact) mass is 416 g/mol. The Bertz CT molecular complexity index is 596. The lowest BCUT2D eigenvalue weighted by Gasteiger charge is -2.36. The number of piperidine rings is 1. The van der Waals surface area contributed by atoms with E-state index in [-0.39, 0.29) is 17.1 Å². The maximum atomic E-state index is 12.8. The van der Waals surface area contributed by atoms with Gasteiger partial charge < -0.3 is 10.2 Å². The van der Waals surface area contributed by atoms with Crippen LogP contribution in [0.25, 0.3) is 0 Å². The SMILES string of the molecule is CCCNC(=O)CSc1nnc(S[C@H](C)C(=O)N2CCCC[C@H]2CC)s1. The van der Waals surface area contributed by atoms with E-state index in [1.807, 2.05) is 13.8 Å². The van der Waals surface area contributed by atoms with Gasteiger partial charge in [-0.3, -0.25) is 9.59 Å². The van der Waals surface area contributed by atoms with Crippen LogP contribution in [-0.4, -0.2) is 57.0 Å². The molecule has 1 aromatic rings. The van der Waals surface area contributed by atoms with E-state index >= 15 is 0 Å². The van der Waals surface area contributed by atoms with Gasteiger partial charge in [0.1, 0.15) is 0 Å². The normalized spacial score (nSPS) is 18.6. The second-order valence-corrected chi connectivity index (χ2v) is 10.1. The van der Waals surface area contributed by atoms with Crippen molar-refractivity contribution in [2.45, 2.75) is 72.8 Å². The molecule has 9 heteroatoms. The molecule has 0 bridgehead atoms. The first-order valence-electron chi connectivity index (χ1n) is 9.25. The summed E-state index contributed by atoms with van der Waals surface area (Å²) >= 11 is 4.31. The summed E-state index contributed by atoms with van der Waals surface area (Å²) in [6.45, 7) is 7.69. The largest absolute Gasteiger partial charge is 0.355 e. The van der Waals surface area contributed by atoms with Crippen LogP contribution in [0, 0.1) is 0 Å². The van der Waals surface area contributed by atoms with E-state index in [1.54, 1.807) is 0 Å². The third-order valence-electron chi connectivity index (χ3n) is 4.29. The molecule has 0 aromatic carbocycles. The van der Waals surface area contributed by atoms with Crippen molar-refractivity contribution in [2.24, 2.45) is 0 Å². The summed E-state index contributed by atoms with van der Waals surface area (Å²) in [5, 5.41) is 11.0. The van der Waals surface area contributed by atoms with Crippen molar-refractivity contribution >= 4 is 46.7 Å². The van der Waals surface area contributed by atoms with Crippen molar-refractivity contribution in [3.63, 3.8) is 0 Å². The number of carbonyl (C=O) groups excluding carboxylic acids is 2.